The lowest BCUT2D eigenvalue weighted by Crippen LogP contribution is -2.31. The predicted octanol–water partition coefficient (Wildman–Crippen LogP) is 6.61. The van der Waals surface area contributed by atoms with Crippen molar-refractivity contribution in [3.63, 3.8) is 0 Å². The third-order valence-corrected chi connectivity index (χ3v) is 4.89. The molecule has 0 radical (unpaired) electrons. The van der Waals surface area contributed by atoms with Gasteiger partial charge in [-0.05, 0) is 48.3 Å². The van der Waals surface area contributed by atoms with E-state index in [-0.39, 0.29) is 0 Å². The van der Waals surface area contributed by atoms with Crippen LogP contribution in [0.2, 0.25) is 0 Å². The first-order valence-electron chi connectivity index (χ1n) is 8.35. The standard InChI is InChI=1S/C19H36/c1-8-9-10-11-16-15(2)12-13-17(16)19(6,7)14-18(3,4)5/h16-17H,2,8-14H2,1,3-7H3. The van der Waals surface area contributed by atoms with E-state index in [9.17, 15) is 0 Å². The van der Waals surface area contributed by atoms with Gasteiger partial charge in [0, 0.05) is 0 Å². The van der Waals surface area contributed by atoms with Gasteiger partial charge in [-0.15, -0.1) is 0 Å². The molecule has 0 aromatic carbocycles. The molecule has 0 amide bonds. The van der Waals surface area contributed by atoms with E-state index >= 15 is 0 Å². The van der Waals surface area contributed by atoms with Crippen molar-refractivity contribution in [1.82, 2.24) is 0 Å². The van der Waals surface area contributed by atoms with Crippen LogP contribution >= 0.6 is 0 Å². The first-order valence-corrected chi connectivity index (χ1v) is 8.35. The Morgan fingerprint density at radius 2 is 1.74 bits per heavy atom. The third kappa shape index (κ3) is 4.97. The van der Waals surface area contributed by atoms with Crippen molar-refractivity contribution in [1.29, 1.82) is 0 Å². The molecule has 0 heteroatoms. The molecule has 112 valence electrons. The van der Waals surface area contributed by atoms with Crippen molar-refractivity contribution in [2.45, 2.75) is 86.5 Å². The van der Waals surface area contributed by atoms with E-state index < -0.39 is 0 Å². The maximum absolute atomic E-state index is 4.37. The van der Waals surface area contributed by atoms with Crippen molar-refractivity contribution in [2.75, 3.05) is 0 Å². The fourth-order valence-electron chi connectivity index (χ4n) is 4.46. The SMILES string of the molecule is C=C1CCC(C(C)(C)CC(C)(C)C)C1CCCCC. The van der Waals surface area contributed by atoms with Gasteiger partial charge in [-0.25, -0.2) is 0 Å². The van der Waals surface area contributed by atoms with Gasteiger partial charge in [-0.2, -0.15) is 0 Å². The van der Waals surface area contributed by atoms with E-state index in [0.717, 1.165) is 11.8 Å². The number of unbranched alkanes of at least 4 members (excludes halogenated alkanes) is 2. The van der Waals surface area contributed by atoms with Crippen LogP contribution in [0.5, 0.6) is 0 Å². The summed E-state index contributed by atoms with van der Waals surface area (Å²) in [6.07, 6.45) is 9.45. The van der Waals surface area contributed by atoms with Gasteiger partial charge in [-0.3, -0.25) is 0 Å². The summed E-state index contributed by atoms with van der Waals surface area (Å²) < 4.78 is 0. The van der Waals surface area contributed by atoms with Gasteiger partial charge in [0.2, 0.25) is 0 Å². The van der Waals surface area contributed by atoms with Crippen molar-refractivity contribution < 1.29 is 0 Å². The molecule has 0 heterocycles. The molecule has 1 rings (SSSR count). The van der Waals surface area contributed by atoms with E-state index in [2.05, 4.69) is 48.1 Å². The summed E-state index contributed by atoms with van der Waals surface area (Å²) in [5, 5.41) is 0. The van der Waals surface area contributed by atoms with E-state index in [1.54, 1.807) is 5.57 Å². The average molecular weight is 264 g/mol. The van der Waals surface area contributed by atoms with E-state index in [4.69, 9.17) is 0 Å². The van der Waals surface area contributed by atoms with Crippen molar-refractivity contribution >= 4 is 0 Å². The maximum Gasteiger partial charge on any atom is -0.0172 e. The zero-order chi connectivity index (χ0) is 14.7. The van der Waals surface area contributed by atoms with Crippen LogP contribution in [-0.2, 0) is 0 Å². The number of hydrogen-bond donors (Lipinski definition) is 0. The third-order valence-electron chi connectivity index (χ3n) is 4.89. The molecule has 2 atom stereocenters. The van der Waals surface area contributed by atoms with Crippen LogP contribution in [0.1, 0.15) is 86.5 Å². The van der Waals surface area contributed by atoms with E-state index in [1.165, 1.54) is 44.9 Å². The summed E-state index contributed by atoms with van der Waals surface area (Å²) in [6, 6.07) is 0. The molecule has 0 aromatic rings. The molecule has 0 saturated heterocycles. The average Bonchev–Trinajstić information content (AvgIpc) is 2.58. The quantitative estimate of drug-likeness (QED) is 0.374. The second-order valence-electron chi connectivity index (χ2n) is 8.63. The van der Waals surface area contributed by atoms with Crippen molar-refractivity contribution in [3.05, 3.63) is 12.2 Å². The Morgan fingerprint density at radius 3 is 2.26 bits per heavy atom. The summed E-state index contributed by atoms with van der Waals surface area (Å²) in [7, 11) is 0. The molecular formula is C19H36. The van der Waals surface area contributed by atoms with Gasteiger partial charge in [0.15, 0.2) is 0 Å². The second-order valence-corrected chi connectivity index (χ2v) is 8.63. The first kappa shape index (κ1) is 16.8. The second kappa shape index (κ2) is 6.46. The lowest BCUT2D eigenvalue weighted by molar-refractivity contribution is 0.103. The lowest BCUT2D eigenvalue weighted by atomic mass is 9.65. The smallest absolute Gasteiger partial charge is 0.0172 e. The Labute approximate surface area is 122 Å². The first-order chi connectivity index (χ1) is 8.67. The van der Waals surface area contributed by atoms with Gasteiger partial charge < -0.3 is 0 Å². The molecule has 0 bridgehead atoms. The Morgan fingerprint density at radius 1 is 1.11 bits per heavy atom. The van der Waals surface area contributed by atoms with Crippen LogP contribution in [0, 0.1) is 22.7 Å². The molecule has 1 aliphatic carbocycles. The predicted molar refractivity (Wildman–Crippen MR) is 87.3 cm³/mol. The largest absolute Gasteiger partial charge is 0.0996 e. The Bertz CT molecular complexity index is 290. The van der Waals surface area contributed by atoms with Gasteiger partial charge in [-0.1, -0.05) is 73.0 Å². The lowest BCUT2D eigenvalue weighted by Gasteiger charge is -2.40. The molecule has 2 unspecified atom stereocenters. The highest BCUT2D eigenvalue weighted by atomic mass is 14.5. The fraction of sp³-hybridized carbons (Fsp3) is 0.895. The van der Waals surface area contributed by atoms with E-state index in [1.807, 2.05) is 0 Å². The molecule has 0 spiro atoms. The minimum atomic E-state index is 0.432. The highest BCUT2D eigenvalue weighted by molar-refractivity contribution is 5.11. The molecule has 1 fully saturated rings. The molecular weight excluding hydrogens is 228 g/mol. The molecule has 1 aliphatic rings. The van der Waals surface area contributed by atoms with Gasteiger partial charge in [0.05, 0.1) is 0 Å². The van der Waals surface area contributed by atoms with Crippen molar-refractivity contribution in [2.24, 2.45) is 22.7 Å². The molecule has 19 heavy (non-hydrogen) atoms. The summed E-state index contributed by atoms with van der Waals surface area (Å²) in [6.45, 7) is 18.8. The monoisotopic (exact) mass is 264 g/mol. The summed E-state index contributed by atoms with van der Waals surface area (Å²) >= 11 is 0. The van der Waals surface area contributed by atoms with Crippen LogP contribution in [0.25, 0.3) is 0 Å². The number of hydrogen-bond acceptors (Lipinski definition) is 0. The number of rotatable bonds is 6. The highest BCUT2D eigenvalue weighted by Gasteiger charge is 2.41. The Kier molecular flexibility index (Phi) is 5.71. The van der Waals surface area contributed by atoms with E-state index in [0.29, 0.717) is 10.8 Å². The molecule has 0 aromatic heterocycles. The summed E-state index contributed by atoms with van der Waals surface area (Å²) in [5.41, 5.74) is 2.43. The topological polar surface area (TPSA) is 0 Å². The van der Waals surface area contributed by atoms with Crippen LogP contribution in [-0.4, -0.2) is 0 Å². The van der Waals surface area contributed by atoms with Crippen LogP contribution in [0.3, 0.4) is 0 Å². The maximum atomic E-state index is 4.37. The zero-order valence-electron chi connectivity index (χ0n) is 14.3. The van der Waals surface area contributed by atoms with Crippen LogP contribution < -0.4 is 0 Å². The van der Waals surface area contributed by atoms with Gasteiger partial charge >= 0.3 is 0 Å². The Balaban J connectivity index is 2.70. The van der Waals surface area contributed by atoms with Gasteiger partial charge in [0.1, 0.15) is 0 Å². The molecule has 1 saturated carbocycles. The molecule has 0 nitrogen and oxygen atoms in total. The fourth-order valence-corrected chi connectivity index (χ4v) is 4.46. The minimum absolute atomic E-state index is 0.432. The zero-order valence-corrected chi connectivity index (χ0v) is 14.3. The Hall–Kier alpha value is -0.260. The molecule has 0 N–H and O–H groups in total. The minimum Gasteiger partial charge on any atom is -0.0996 e. The van der Waals surface area contributed by atoms with Crippen LogP contribution in [0.4, 0.5) is 0 Å². The molecule has 0 aliphatic heterocycles. The summed E-state index contributed by atoms with van der Waals surface area (Å²) in [5.74, 6) is 1.65. The van der Waals surface area contributed by atoms with Crippen LogP contribution in [0.15, 0.2) is 12.2 Å². The van der Waals surface area contributed by atoms with Gasteiger partial charge in [0.25, 0.3) is 0 Å². The number of allylic oxidation sites excluding steroid dienone is 1. The highest BCUT2D eigenvalue weighted by Crippen LogP contribution is 2.51. The normalized spacial score (nSPS) is 25.1. The van der Waals surface area contributed by atoms with Crippen molar-refractivity contribution in [3.8, 4) is 0 Å². The summed E-state index contributed by atoms with van der Waals surface area (Å²) in [4.78, 5) is 0.